The summed E-state index contributed by atoms with van der Waals surface area (Å²) in [5.74, 6) is -1.87. The molecule has 9 heteroatoms. The predicted molar refractivity (Wildman–Crippen MR) is 95.5 cm³/mol. The van der Waals surface area contributed by atoms with Crippen LogP contribution in [0.15, 0.2) is 30.3 Å². The van der Waals surface area contributed by atoms with Gasteiger partial charge in [0.15, 0.2) is 0 Å². The van der Waals surface area contributed by atoms with Gasteiger partial charge in [-0.2, -0.15) is 18.7 Å². The number of carboxylic acid groups (broad SMARTS) is 1. The van der Waals surface area contributed by atoms with E-state index in [0.29, 0.717) is 32.1 Å². The van der Waals surface area contributed by atoms with Crippen LogP contribution >= 0.6 is 0 Å². The van der Waals surface area contributed by atoms with Crippen LogP contribution in [0.2, 0.25) is 0 Å². The smallest absolute Gasteiger partial charge is 0.407 e. The van der Waals surface area contributed by atoms with Gasteiger partial charge in [0, 0.05) is 45.3 Å². The standard InChI is InChI=1S/C18H21F2N5O2/c19-15-11-16(20)23-17(22-15)21-6-5-13-1-3-14(4-2-13)12-24-7-9-25(10-8-24)18(26)27/h1-4,11H,5-10,12H2,(H,26,27)(H,21,22,23). The monoisotopic (exact) mass is 377 g/mol. The van der Waals surface area contributed by atoms with Crippen LogP contribution < -0.4 is 5.32 Å². The van der Waals surface area contributed by atoms with Crippen molar-refractivity contribution < 1.29 is 18.7 Å². The highest BCUT2D eigenvalue weighted by atomic mass is 19.1. The maximum Gasteiger partial charge on any atom is 0.407 e. The van der Waals surface area contributed by atoms with E-state index in [-0.39, 0.29) is 5.95 Å². The summed E-state index contributed by atoms with van der Waals surface area (Å²) >= 11 is 0. The molecule has 3 rings (SSSR count). The largest absolute Gasteiger partial charge is 0.465 e. The number of carbonyl (C=O) groups is 1. The second-order valence-electron chi connectivity index (χ2n) is 6.38. The van der Waals surface area contributed by atoms with Gasteiger partial charge in [0.05, 0.1) is 0 Å². The first-order valence-corrected chi connectivity index (χ1v) is 8.71. The van der Waals surface area contributed by atoms with E-state index in [2.05, 4.69) is 20.2 Å². The minimum Gasteiger partial charge on any atom is -0.465 e. The average Bonchev–Trinajstić information content (AvgIpc) is 2.63. The lowest BCUT2D eigenvalue weighted by Gasteiger charge is -2.33. The fraction of sp³-hybridized carbons (Fsp3) is 0.389. The molecule has 1 aromatic heterocycles. The van der Waals surface area contributed by atoms with Crippen LogP contribution in [-0.2, 0) is 13.0 Å². The van der Waals surface area contributed by atoms with Crippen LogP contribution in [0.5, 0.6) is 0 Å². The molecule has 0 bridgehead atoms. The van der Waals surface area contributed by atoms with Gasteiger partial charge in [-0.15, -0.1) is 0 Å². The van der Waals surface area contributed by atoms with E-state index in [9.17, 15) is 13.6 Å². The number of nitrogens with one attached hydrogen (secondary N) is 1. The van der Waals surface area contributed by atoms with Crippen LogP contribution in [0, 0.1) is 11.9 Å². The summed E-state index contributed by atoms with van der Waals surface area (Å²) in [7, 11) is 0. The van der Waals surface area contributed by atoms with Crippen molar-refractivity contribution in [3.63, 3.8) is 0 Å². The van der Waals surface area contributed by atoms with Gasteiger partial charge in [0.1, 0.15) is 0 Å². The Kier molecular flexibility index (Phi) is 6.12. The zero-order valence-electron chi connectivity index (χ0n) is 14.7. The third kappa shape index (κ3) is 5.58. The Labute approximate surface area is 155 Å². The van der Waals surface area contributed by atoms with Crippen LogP contribution in [0.25, 0.3) is 0 Å². The molecule has 2 N–H and O–H groups in total. The van der Waals surface area contributed by atoms with Crippen LogP contribution in [-0.4, -0.2) is 63.7 Å². The zero-order valence-corrected chi connectivity index (χ0v) is 14.7. The number of benzene rings is 1. The van der Waals surface area contributed by atoms with Crippen LogP contribution in [0.4, 0.5) is 19.5 Å². The van der Waals surface area contributed by atoms with E-state index in [4.69, 9.17) is 5.11 Å². The van der Waals surface area contributed by atoms with Crippen molar-refractivity contribution in [3.05, 3.63) is 53.4 Å². The van der Waals surface area contributed by atoms with Gasteiger partial charge in [-0.05, 0) is 17.5 Å². The van der Waals surface area contributed by atoms with Gasteiger partial charge in [-0.1, -0.05) is 24.3 Å². The Morgan fingerprint density at radius 1 is 1.04 bits per heavy atom. The zero-order chi connectivity index (χ0) is 19.2. The van der Waals surface area contributed by atoms with E-state index in [1.807, 2.05) is 24.3 Å². The Bertz CT molecular complexity index is 760. The number of anilines is 1. The molecular formula is C18H21F2N5O2. The van der Waals surface area contributed by atoms with E-state index in [1.54, 1.807) is 0 Å². The predicted octanol–water partition coefficient (Wildman–Crippen LogP) is 2.21. The molecule has 1 aromatic carbocycles. The quantitative estimate of drug-likeness (QED) is 0.752. The van der Waals surface area contributed by atoms with Crippen molar-refractivity contribution in [2.24, 2.45) is 0 Å². The first-order chi connectivity index (χ1) is 13.0. The maximum absolute atomic E-state index is 13.0. The van der Waals surface area contributed by atoms with E-state index in [1.165, 1.54) is 4.90 Å². The van der Waals surface area contributed by atoms with Gasteiger partial charge >= 0.3 is 6.09 Å². The molecule has 1 aliphatic rings. The topological polar surface area (TPSA) is 81.6 Å². The summed E-state index contributed by atoms with van der Waals surface area (Å²) < 4.78 is 26.0. The molecule has 0 spiro atoms. The minimum atomic E-state index is -0.904. The molecule has 144 valence electrons. The number of halogens is 2. The van der Waals surface area contributed by atoms with Gasteiger partial charge in [0.25, 0.3) is 0 Å². The molecule has 0 unspecified atom stereocenters. The minimum absolute atomic E-state index is 0.0652. The van der Waals surface area contributed by atoms with E-state index in [0.717, 1.165) is 30.8 Å². The molecule has 0 radical (unpaired) electrons. The number of amides is 1. The molecule has 1 amide bonds. The molecule has 0 atom stereocenters. The highest BCUT2D eigenvalue weighted by Gasteiger charge is 2.20. The molecule has 0 saturated carbocycles. The number of aromatic nitrogens is 2. The van der Waals surface area contributed by atoms with Crippen molar-refractivity contribution in [1.29, 1.82) is 0 Å². The van der Waals surface area contributed by atoms with Gasteiger partial charge < -0.3 is 15.3 Å². The number of hydrogen-bond acceptors (Lipinski definition) is 5. The maximum atomic E-state index is 13.0. The lowest BCUT2D eigenvalue weighted by Crippen LogP contribution is -2.47. The number of nitrogens with zero attached hydrogens (tertiary/aromatic N) is 4. The molecule has 2 aromatic rings. The Balaban J connectivity index is 1.44. The molecule has 1 saturated heterocycles. The highest BCUT2D eigenvalue weighted by molar-refractivity contribution is 5.65. The van der Waals surface area contributed by atoms with E-state index < -0.39 is 18.0 Å². The van der Waals surface area contributed by atoms with Crippen molar-refractivity contribution in [3.8, 4) is 0 Å². The normalized spacial score (nSPS) is 15.0. The Morgan fingerprint density at radius 2 is 1.63 bits per heavy atom. The first-order valence-electron chi connectivity index (χ1n) is 8.71. The number of piperazine rings is 1. The SMILES string of the molecule is O=C(O)N1CCN(Cc2ccc(CCNc3nc(F)cc(F)n3)cc2)CC1. The van der Waals surface area contributed by atoms with Crippen molar-refractivity contribution in [2.45, 2.75) is 13.0 Å². The first kappa shape index (κ1) is 19.0. The summed E-state index contributed by atoms with van der Waals surface area (Å²) in [6.07, 6.45) is -0.196. The molecule has 0 aliphatic carbocycles. The third-order valence-electron chi connectivity index (χ3n) is 4.43. The lowest BCUT2D eigenvalue weighted by molar-refractivity contribution is 0.103. The fourth-order valence-electron chi connectivity index (χ4n) is 2.95. The Hall–Kier alpha value is -2.81. The third-order valence-corrected chi connectivity index (χ3v) is 4.43. The molecular weight excluding hydrogens is 356 g/mol. The van der Waals surface area contributed by atoms with Crippen molar-refractivity contribution in [2.75, 3.05) is 38.0 Å². The summed E-state index contributed by atoms with van der Waals surface area (Å²) in [5.41, 5.74) is 2.24. The van der Waals surface area contributed by atoms with Crippen LogP contribution in [0.1, 0.15) is 11.1 Å². The number of rotatable bonds is 6. The number of hydrogen-bond donors (Lipinski definition) is 2. The van der Waals surface area contributed by atoms with Gasteiger partial charge in [0.2, 0.25) is 17.8 Å². The second-order valence-corrected chi connectivity index (χ2v) is 6.38. The second kappa shape index (κ2) is 8.72. The lowest BCUT2D eigenvalue weighted by atomic mass is 10.1. The summed E-state index contributed by atoms with van der Waals surface area (Å²) in [6, 6.07) is 8.73. The molecule has 1 aliphatic heterocycles. The summed E-state index contributed by atoms with van der Waals surface area (Å²) in [4.78, 5) is 21.6. The van der Waals surface area contributed by atoms with Crippen molar-refractivity contribution in [1.82, 2.24) is 19.8 Å². The Morgan fingerprint density at radius 3 is 2.22 bits per heavy atom. The van der Waals surface area contributed by atoms with E-state index >= 15 is 0 Å². The van der Waals surface area contributed by atoms with Gasteiger partial charge in [-0.3, -0.25) is 4.90 Å². The molecule has 27 heavy (non-hydrogen) atoms. The molecule has 7 nitrogen and oxygen atoms in total. The molecule has 2 heterocycles. The summed E-state index contributed by atoms with van der Waals surface area (Å²) in [6.45, 7) is 3.75. The van der Waals surface area contributed by atoms with Gasteiger partial charge in [-0.25, -0.2) is 4.79 Å². The average molecular weight is 377 g/mol. The fourth-order valence-corrected chi connectivity index (χ4v) is 2.95. The van der Waals surface area contributed by atoms with Crippen molar-refractivity contribution >= 4 is 12.0 Å². The summed E-state index contributed by atoms with van der Waals surface area (Å²) in [5, 5.41) is 11.8. The van der Waals surface area contributed by atoms with Crippen LogP contribution in [0.3, 0.4) is 0 Å². The highest BCUT2D eigenvalue weighted by Crippen LogP contribution is 2.11. The molecule has 1 fully saturated rings.